The third-order valence-corrected chi connectivity index (χ3v) is 4.44. The summed E-state index contributed by atoms with van der Waals surface area (Å²) in [6.45, 7) is 3.47. The Labute approximate surface area is 148 Å². The van der Waals surface area contributed by atoms with Gasteiger partial charge in [-0.05, 0) is 26.3 Å². The number of halogens is 3. The first-order valence-corrected chi connectivity index (χ1v) is 8.23. The SMILES string of the molecule is COC(=O)C1C[C@H](Oc2cccc(C(F)(F)F)n2)[C@H]2OC(C)(C)O[C@H]2C1. The van der Waals surface area contributed by atoms with Crippen molar-refractivity contribution in [3.05, 3.63) is 23.9 Å². The number of esters is 1. The van der Waals surface area contributed by atoms with Crippen molar-refractivity contribution in [2.45, 2.75) is 57.0 Å². The highest BCUT2D eigenvalue weighted by molar-refractivity contribution is 5.72. The first kappa shape index (κ1) is 18.9. The fourth-order valence-electron chi connectivity index (χ4n) is 3.42. The van der Waals surface area contributed by atoms with Crippen molar-refractivity contribution in [2.24, 2.45) is 5.92 Å². The topological polar surface area (TPSA) is 66.9 Å². The zero-order chi connectivity index (χ0) is 19.1. The minimum atomic E-state index is -4.57. The third-order valence-electron chi connectivity index (χ3n) is 4.44. The fraction of sp³-hybridized carbons (Fsp3) is 0.647. The van der Waals surface area contributed by atoms with Crippen LogP contribution in [0.2, 0.25) is 0 Å². The smallest absolute Gasteiger partial charge is 0.433 e. The molecule has 2 heterocycles. The maximum atomic E-state index is 12.9. The average Bonchev–Trinajstić information content (AvgIpc) is 2.88. The first-order valence-electron chi connectivity index (χ1n) is 8.23. The van der Waals surface area contributed by atoms with Gasteiger partial charge in [0.05, 0.1) is 19.1 Å². The summed E-state index contributed by atoms with van der Waals surface area (Å²) in [4.78, 5) is 15.5. The zero-order valence-electron chi connectivity index (χ0n) is 14.6. The predicted molar refractivity (Wildman–Crippen MR) is 82.2 cm³/mol. The molecule has 1 aromatic heterocycles. The van der Waals surface area contributed by atoms with Gasteiger partial charge in [-0.25, -0.2) is 4.98 Å². The number of alkyl halides is 3. The molecule has 3 rings (SSSR count). The van der Waals surface area contributed by atoms with Crippen LogP contribution in [-0.2, 0) is 25.2 Å². The molecule has 9 heteroatoms. The predicted octanol–water partition coefficient (Wildman–Crippen LogP) is 2.95. The molecule has 1 aromatic rings. The summed E-state index contributed by atoms with van der Waals surface area (Å²) in [6, 6.07) is 3.43. The van der Waals surface area contributed by atoms with Gasteiger partial charge in [-0.15, -0.1) is 0 Å². The van der Waals surface area contributed by atoms with E-state index in [1.54, 1.807) is 13.8 Å². The lowest BCUT2D eigenvalue weighted by Gasteiger charge is -2.34. The molecule has 1 aliphatic heterocycles. The highest BCUT2D eigenvalue weighted by atomic mass is 19.4. The molecule has 0 N–H and O–H groups in total. The highest BCUT2D eigenvalue weighted by Gasteiger charge is 2.52. The molecule has 144 valence electrons. The molecule has 1 saturated carbocycles. The van der Waals surface area contributed by atoms with Crippen LogP contribution >= 0.6 is 0 Å². The van der Waals surface area contributed by atoms with Crippen molar-refractivity contribution in [3.8, 4) is 5.88 Å². The van der Waals surface area contributed by atoms with E-state index in [9.17, 15) is 18.0 Å². The monoisotopic (exact) mass is 375 g/mol. The number of ether oxygens (including phenoxy) is 4. The molecule has 2 fully saturated rings. The van der Waals surface area contributed by atoms with Gasteiger partial charge in [-0.2, -0.15) is 13.2 Å². The molecule has 0 spiro atoms. The van der Waals surface area contributed by atoms with E-state index in [2.05, 4.69) is 4.98 Å². The van der Waals surface area contributed by atoms with E-state index in [-0.39, 0.29) is 12.3 Å². The minimum Gasteiger partial charge on any atom is -0.471 e. The van der Waals surface area contributed by atoms with Gasteiger partial charge >= 0.3 is 12.1 Å². The first-order chi connectivity index (χ1) is 12.1. The van der Waals surface area contributed by atoms with Gasteiger partial charge in [0, 0.05) is 12.5 Å². The second kappa shape index (κ2) is 6.70. The summed E-state index contributed by atoms with van der Waals surface area (Å²) in [5, 5.41) is 0. The molecule has 1 aliphatic carbocycles. The van der Waals surface area contributed by atoms with Crippen molar-refractivity contribution < 1.29 is 36.9 Å². The molecule has 0 radical (unpaired) electrons. The number of hydrogen-bond acceptors (Lipinski definition) is 6. The molecular weight excluding hydrogens is 355 g/mol. The lowest BCUT2D eigenvalue weighted by Crippen LogP contribution is -2.47. The van der Waals surface area contributed by atoms with Crippen molar-refractivity contribution in [2.75, 3.05) is 7.11 Å². The summed E-state index contributed by atoms with van der Waals surface area (Å²) < 4.78 is 60.7. The van der Waals surface area contributed by atoms with E-state index in [1.807, 2.05) is 0 Å². The van der Waals surface area contributed by atoms with Crippen LogP contribution in [0.3, 0.4) is 0 Å². The Balaban J connectivity index is 1.83. The zero-order valence-corrected chi connectivity index (χ0v) is 14.6. The summed E-state index contributed by atoms with van der Waals surface area (Å²) >= 11 is 0. The average molecular weight is 375 g/mol. The van der Waals surface area contributed by atoms with Crippen molar-refractivity contribution >= 4 is 5.97 Å². The molecule has 6 nitrogen and oxygen atoms in total. The van der Waals surface area contributed by atoms with E-state index in [0.29, 0.717) is 6.42 Å². The fourth-order valence-corrected chi connectivity index (χ4v) is 3.42. The lowest BCUT2D eigenvalue weighted by molar-refractivity contribution is -0.152. The van der Waals surface area contributed by atoms with Crippen molar-refractivity contribution in [1.82, 2.24) is 4.98 Å². The number of fused-ring (bicyclic) bond motifs is 1. The van der Waals surface area contributed by atoms with Crippen LogP contribution in [0.1, 0.15) is 32.4 Å². The Hall–Kier alpha value is -1.87. The van der Waals surface area contributed by atoms with Crippen molar-refractivity contribution in [3.63, 3.8) is 0 Å². The van der Waals surface area contributed by atoms with Crippen molar-refractivity contribution in [1.29, 1.82) is 0 Å². The molecule has 0 aromatic carbocycles. The summed E-state index contributed by atoms with van der Waals surface area (Å²) in [5.74, 6) is -1.96. The van der Waals surface area contributed by atoms with Gasteiger partial charge in [-0.3, -0.25) is 4.79 Å². The van der Waals surface area contributed by atoms with Gasteiger partial charge < -0.3 is 18.9 Å². The Morgan fingerprint density at radius 3 is 2.65 bits per heavy atom. The van der Waals surface area contributed by atoms with Crippen LogP contribution in [0.25, 0.3) is 0 Å². The molecule has 1 unspecified atom stereocenters. The summed E-state index contributed by atoms with van der Waals surface area (Å²) in [5.41, 5.74) is -1.05. The quantitative estimate of drug-likeness (QED) is 0.757. The van der Waals surface area contributed by atoms with Gasteiger partial charge in [0.1, 0.15) is 17.9 Å². The maximum absolute atomic E-state index is 12.9. The second-order valence-corrected chi connectivity index (χ2v) is 6.85. The second-order valence-electron chi connectivity index (χ2n) is 6.85. The largest absolute Gasteiger partial charge is 0.471 e. The standard InChI is InChI=1S/C17H20F3NO5/c1-16(2)25-11-8-9(15(22)23-3)7-10(14(11)26-16)24-13-6-4-5-12(21-13)17(18,19)20/h4-6,9-11,14H,7-8H2,1-3H3/t9?,10-,11-,14+/m0/s1. The van der Waals surface area contributed by atoms with E-state index < -0.39 is 47.9 Å². The number of rotatable bonds is 3. The van der Waals surface area contributed by atoms with Crippen LogP contribution in [-0.4, -0.2) is 42.2 Å². The molecule has 0 bridgehead atoms. The van der Waals surface area contributed by atoms with Gasteiger partial charge in [0.15, 0.2) is 5.79 Å². The molecule has 2 aliphatic rings. The number of pyridine rings is 1. The molecular formula is C17H20F3NO5. The number of methoxy groups -OCH3 is 1. The normalized spacial score (nSPS) is 30.5. The Kier molecular flexibility index (Phi) is 4.87. The van der Waals surface area contributed by atoms with Gasteiger partial charge in [0.2, 0.25) is 5.88 Å². The van der Waals surface area contributed by atoms with Gasteiger partial charge in [-0.1, -0.05) is 6.07 Å². The van der Waals surface area contributed by atoms with E-state index >= 15 is 0 Å². The van der Waals surface area contributed by atoms with Crippen LogP contribution in [0, 0.1) is 5.92 Å². The molecule has 1 saturated heterocycles. The number of carbonyl (C=O) groups is 1. The highest BCUT2D eigenvalue weighted by Crippen LogP contribution is 2.41. The summed E-state index contributed by atoms with van der Waals surface area (Å²) in [7, 11) is 1.29. The Morgan fingerprint density at radius 2 is 2.00 bits per heavy atom. The number of carbonyl (C=O) groups excluding carboxylic acids is 1. The van der Waals surface area contributed by atoms with Crippen LogP contribution in [0.15, 0.2) is 18.2 Å². The van der Waals surface area contributed by atoms with Crippen LogP contribution in [0.4, 0.5) is 13.2 Å². The number of nitrogens with zero attached hydrogens (tertiary/aromatic N) is 1. The van der Waals surface area contributed by atoms with Crippen LogP contribution < -0.4 is 4.74 Å². The van der Waals surface area contributed by atoms with Gasteiger partial charge in [0.25, 0.3) is 0 Å². The Morgan fingerprint density at radius 1 is 1.27 bits per heavy atom. The van der Waals surface area contributed by atoms with E-state index in [0.717, 1.165) is 6.07 Å². The minimum absolute atomic E-state index is 0.178. The van der Waals surface area contributed by atoms with Crippen LogP contribution in [0.5, 0.6) is 5.88 Å². The summed E-state index contributed by atoms with van der Waals surface area (Å²) in [6.07, 6.45) is -5.55. The molecule has 4 atom stereocenters. The molecule has 0 amide bonds. The third kappa shape index (κ3) is 3.93. The molecule has 26 heavy (non-hydrogen) atoms. The number of hydrogen-bond donors (Lipinski definition) is 0. The maximum Gasteiger partial charge on any atom is 0.433 e. The number of aromatic nitrogens is 1. The lowest BCUT2D eigenvalue weighted by atomic mass is 9.83. The van der Waals surface area contributed by atoms with E-state index in [1.165, 1.54) is 19.2 Å². The van der Waals surface area contributed by atoms with E-state index in [4.69, 9.17) is 18.9 Å². The Bertz CT molecular complexity index is 679.